The number of rotatable bonds is 7. The second-order valence-electron chi connectivity index (χ2n) is 6.91. The van der Waals surface area contributed by atoms with Crippen LogP contribution < -0.4 is 5.11 Å². The standard InChI is InChI=1S/C17H30O3/c1-3-5-7-13-9-14(8-6-4-2)11-17(10-13)15(12-20-17)16(18)19/h13-15H,3-12H2,1-2H3,(H,18,19)/p-1. The van der Waals surface area contributed by atoms with Gasteiger partial charge in [-0.1, -0.05) is 52.4 Å². The summed E-state index contributed by atoms with van der Waals surface area (Å²) < 4.78 is 5.83. The van der Waals surface area contributed by atoms with Crippen LogP contribution in [-0.2, 0) is 9.53 Å². The summed E-state index contributed by atoms with van der Waals surface area (Å²) in [6.07, 6.45) is 10.5. The molecule has 1 saturated heterocycles. The summed E-state index contributed by atoms with van der Waals surface area (Å²) in [4.78, 5) is 11.3. The Balaban J connectivity index is 2.01. The number of hydrogen-bond acceptors (Lipinski definition) is 3. The number of hydrogen-bond donors (Lipinski definition) is 0. The van der Waals surface area contributed by atoms with Crippen LogP contribution in [0.2, 0.25) is 0 Å². The zero-order chi connectivity index (χ0) is 14.6. The molecule has 2 aliphatic rings. The summed E-state index contributed by atoms with van der Waals surface area (Å²) in [7, 11) is 0. The molecule has 3 unspecified atom stereocenters. The van der Waals surface area contributed by atoms with Crippen molar-refractivity contribution in [1.82, 2.24) is 0 Å². The van der Waals surface area contributed by atoms with Crippen LogP contribution in [-0.4, -0.2) is 18.2 Å². The minimum atomic E-state index is -0.901. The minimum Gasteiger partial charge on any atom is -0.550 e. The molecule has 1 aliphatic carbocycles. The van der Waals surface area contributed by atoms with Gasteiger partial charge in [0.05, 0.1) is 18.1 Å². The first-order chi connectivity index (χ1) is 9.61. The van der Waals surface area contributed by atoms with Gasteiger partial charge >= 0.3 is 0 Å². The molecule has 1 saturated carbocycles. The number of ether oxygens (including phenoxy) is 1. The van der Waals surface area contributed by atoms with E-state index in [2.05, 4.69) is 13.8 Å². The molecule has 0 N–H and O–H groups in total. The van der Waals surface area contributed by atoms with Crippen LogP contribution in [0.15, 0.2) is 0 Å². The van der Waals surface area contributed by atoms with Crippen molar-refractivity contribution in [2.24, 2.45) is 17.8 Å². The van der Waals surface area contributed by atoms with Crippen molar-refractivity contribution in [2.75, 3.05) is 6.61 Å². The number of carbonyl (C=O) groups excluding carboxylic acids is 1. The zero-order valence-corrected chi connectivity index (χ0v) is 13.0. The van der Waals surface area contributed by atoms with Crippen LogP contribution in [0, 0.1) is 17.8 Å². The summed E-state index contributed by atoms with van der Waals surface area (Å²) in [6, 6.07) is 0. The van der Waals surface area contributed by atoms with E-state index >= 15 is 0 Å². The van der Waals surface area contributed by atoms with Gasteiger partial charge in [0.25, 0.3) is 0 Å². The van der Waals surface area contributed by atoms with Crippen LogP contribution >= 0.6 is 0 Å². The molecule has 1 aliphatic heterocycles. The molecular weight excluding hydrogens is 252 g/mol. The van der Waals surface area contributed by atoms with Gasteiger partial charge in [-0.2, -0.15) is 0 Å². The number of unbranched alkanes of at least 4 members (excludes halogenated alkanes) is 2. The van der Waals surface area contributed by atoms with Gasteiger partial charge in [0.15, 0.2) is 0 Å². The molecule has 0 aromatic heterocycles. The average Bonchev–Trinajstić information content (AvgIpc) is 2.40. The van der Waals surface area contributed by atoms with Crippen LogP contribution in [0.3, 0.4) is 0 Å². The van der Waals surface area contributed by atoms with Gasteiger partial charge in [0.2, 0.25) is 0 Å². The molecule has 0 aromatic rings. The van der Waals surface area contributed by atoms with Crippen molar-refractivity contribution >= 4 is 5.97 Å². The number of carboxylic acids is 1. The molecule has 2 fully saturated rings. The van der Waals surface area contributed by atoms with E-state index in [9.17, 15) is 9.90 Å². The third kappa shape index (κ3) is 3.36. The maximum atomic E-state index is 11.3. The Morgan fingerprint density at radius 3 is 2.05 bits per heavy atom. The monoisotopic (exact) mass is 281 g/mol. The molecule has 3 nitrogen and oxygen atoms in total. The topological polar surface area (TPSA) is 49.4 Å². The van der Waals surface area contributed by atoms with Crippen molar-refractivity contribution < 1.29 is 14.6 Å². The summed E-state index contributed by atoms with van der Waals surface area (Å²) in [5.41, 5.74) is -0.381. The lowest BCUT2D eigenvalue weighted by Crippen LogP contribution is -2.63. The molecular formula is C17H29O3-. The van der Waals surface area contributed by atoms with Crippen molar-refractivity contribution in [3.05, 3.63) is 0 Å². The number of carboxylic acid groups (broad SMARTS) is 1. The first kappa shape index (κ1) is 15.8. The SMILES string of the molecule is CCCCC1CC(CCCC)CC2(C1)OCC2C(=O)[O-]. The van der Waals surface area contributed by atoms with E-state index in [-0.39, 0.29) is 11.5 Å². The summed E-state index contributed by atoms with van der Waals surface area (Å²) >= 11 is 0. The molecule has 20 heavy (non-hydrogen) atoms. The average molecular weight is 281 g/mol. The van der Waals surface area contributed by atoms with Crippen LogP contribution in [0.4, 0.5) is 0 Å². The van der Waals surface area contributed by atoms with Crippen LogP contribution in [0.25, 0.3) is 0 Å². The van der Waals surface area contributed by atoms with E-state index < -0.39 is 5.97 Å². The zero-order valence-electron chi connectivity index (χ0n) is 13.0. The van der Waals surface area contributed by atoms with E-state index in [1.807, 2.05) is 0 Å². The Morgan fingerprint density at radius 1 is 1.15 bits per heavy atom. The molecule has 0 bridgehead atoms. The summed E-state index contributed by atoms with van der Waals surface area (Å²) in [5, 5.41) is 11.3. The lowest BCUT2D eigenvalue weighted by atomic mass is 9.63. The number of carbonyl (C=O) groups is 1. The second-order valence-corrected chi connectivity index (χ2v) is 6.91. The molecule has 3 atom stereocenters. The molecule has 0 aromatic carbocycles. The quantitative estimate of drug-likeness (QED) is 0.721. The first-order valence-corrected chi connectivity index (χ1v) is 8.46. The van der Waals surface area contributed by atoms with E-state index in [0.29, 0.717) is 18.4 Å². The van der Waals surface area contributed by atoms with E-state index in [0.717, 1.165) is 12.8 Å². The van der Waals surface area contributed by atoms with Gasteiger partial charge in [-0.25, -0.2) is 0 Å². The summed E-state index contributed by atoms with van der Waals surface area (Å²) in [5.74, 6) is 0.0260. The largest absolute Gasteiger partial charge is 0.550 e. The Bertz CT molecular complexity index is 310. The normalized spacial score (nSPS) is 36.8. The fourth-order valence-corrected chi connectivity index (χ4v) is 4.21. The highest BCUT2D eigenvalue weighted by atomic mass is 16.5. The maximum absolute atomic E-state index is 11.3. The van der Waals surface area contributed by atoms with Crippen LogP contribution in [0.5, 0.6) is 0 Å². The molecule has 116 valence electrons. The maximum Gasteiger partial charge on any atom is 0.0790 e. The molecule has 0 amide bonds. The van der Waals surface area contributed by atoms with Gasteiger partial charge in [-0.05, 0) is 31.1 Å². The highest BCUT2D eigenvalue weighted by molar-refractivity contribution is 5.70. The predicted octanol–water partition coefficient (Wildman–Crippen LogP) is 2.92. The van der Waals surface area contributed by atoms with Crippen molar-refractivity contribution in [2.45, 2.75) is 77.2 Å². The summed E-state index contributed by atoms with van der Waals surface area (Å²) in [6.45, 7) is 4.80. The number of aliphatic carboxylic acids is 1. The van der Waals surface area contributed by atoms with Crippen molar-refractivity contribution in [3.8, 4) is 0 Å². The predicted molar refractivity (Wildman–Crippen MR) is 77.1 cm³/mol. The molecule has 1 heterocycles. The van der Waals surface area contributed by atoms with Crippen molar-refractivity contribution in [1.29, 1.82) is 0 Å². The lowest BCUT2D eigenvalue weighted by Gasteiger charge is -2.55. The van der Waals surface area contributed by atoms with E-state index in [1.165, 1.54) is 44.9 Å². The van der Waals surface area contributed by atoms with Crippen molar-refractivity contribution in [3.63, 3.8) is 0 Å². The van der Waals surface area contributed by atoms with E-state index in [4.69, 9.17) is 4.74 Å². The molecule has 1 spiro atoms. The second kappa shape index (κ2) is 6.93. The van der Waals surface area contributed by atoms with Crippen LogP contribution in [0.1, 0.15) is 71.6 Å². The lowest BCUT2D eigenvalue weighted by molar-refractivity contribution is -0.340. The fourth-order valence-electron chi connectivity index (χ4n) is 4.21. The molecule has 2 rings (SSSR count). The third-order valence-corrected chi connectivity index (χ3v) is 5.32. The Kier molecular flexibility index (Phi) is 5.48. The smallest absolute Gasteiger partial charge is 0.0790 e. The minimum absolute atomic E-state index is 0.364. The van der Waals surface area contributed by atoms with Gasteiger partial charge in [0, 0.05) is 5.97 Å². The first-order valence-electron chi connectivity index (χ1n) is 8.46. The van der Waals surface area contributed by atoms with E-state index in [1.54, 1.807) is 0 Å². The van der Waals surface area contributed by atoms with Gasteiger partial charge in [-0.3, -0.25) is 0 Å². The van der Waals surface area contributed by atoms with Gasteiger partial charge in [-0.15, -0.1) is 0 Å². The van der Waals surface area contributed by atoms with Gasteiger partial charge in [0.1, 0.15) is 0 Å². The highest BCUT2D eigenvalue weighted by Gasteiger charge is 2.53. The Labute approximate surface area is 123 Å². The third-order valence-electron chi connectivity index (χ3n) is 5.32. The highest BCUT2D eigenvalue weighted by Crippen LogP contribution is 2.50. The molecule has 0 radical (unpaired) electrons. The molecule has 3 heteroatoms. The Morgan fingerprint density at radius 2 is 1.70 bits per heavy atom. The fraction of sp³-hybridized carbons (Fsp3) is 0.941. The Hall–Kier alpha value is -0.570. The van der Waals surface area contributed by atoms with Gasteiger partial charge < -0.3 is 14.6 Å².